The standard InChI is InChI=1S/C37H39NO6/c1-4-33(29-16-21-34-35(22-29)43-25-42-34)36(26-12-17-31(18-13-26)41-24-30(39)23-38(5-2)6-3)27-14-19-32(20-15-27)44-37(40)28-10-8-7-9-11-28/h7-22,30,39H,4-6,23-25H2,1-3H3. The number of carbonyl (C=O) groups is 1. The number of aliphatic hydroxyl groups is 1. The van der Waals surface area contributed by atoms with Crippen LogP contribution in [-0.4, -0.2) is 55.1 Å². The van der Waals surface area contributed by atoms with Crippen LogP contribution >= 0.6 is 0 Å². The SMILES string of the molecule is CCC(=C(c1ccc(OCC(O)CN(CC)CC)cc1)c1ccc(OC(=O)c2ccccc2)cc1)c1ccc2c(c1)OCO2. The molecular formula is C37H39NO6. The molecule has 4 aromatic rings. The van der Waals surface area contributed by atoms with Crippen molar-refractivity contribution in [3.63, 3.8) is 0 Å². The number of allylic oxidation sites excluding steroid dienone is 1. The van der Waals surface area contributed by atoms with E-state index in [0.29, 0.717) is 23.6 Å². The zero-order valence-electron chi connectivity index (χ0n) is 25.5. The lowest BCUT2D eigenvalue weighted by Gasteiger charge is -2.22. The second-order valence-electron chi connectivity index (χ2n) is 10.5. The number of hydrogen-bond acceptors (Lipinski definition) is 7. The molecule has 0 bridgehead atoms. The first kappa shape index (κ1) is 30.9. The van der Waals surface area contributed by atoms with Gasteiger partial charge in [-0.1, -0.05) is 69.3 Å². The maximum atomic E-state index is 12.6. The summed E-state index contributed by atoms with van der Waals surface area (Å²) in [7, 11) is 0. The molecule has 44 heavy (non-hydrogen) atoms. The van der Waals surface area contributed by atoms with Gasteiger partial charge in [0.05, 0.1) is 5.56 Å². The summed E-state index contributed by atoms with van der Waals surface area (Å²) in [5.74, 6) is 2.22. The molecular weight excluding hydrogens is 554 g/mol. The molecule has 7 heteroatoms. The molecule has 0 saturated heterocycles. The van der Waals surface area contributed by atoms with Crippen molar-refractivity contribution in [2.75, 3.05) is 33.0 Å². The molecule has 1 aliphatic heterocycles. The fourth-order valence-corrected chi connectivity index (χ4v) is 5.30. The van der Waals surface area contributed by atoms with Crippen molar-refractivity contribution in [1.82, 2.24) is 4.90 Å². The molecule has 0 saturated carbocycles. The number of benzene rings is 4. The molecule has 0 amide bonds. The Hall–Kier alpha value is -4.59. The van der Waals surface area contributed by atoms with Crippen LogP contribution in [0.4, 0.5) is 0 Å². The number of carbonyl (C=O) groups excluding carboxylic acids is 1. The third kappa shape index (κ3) is 7.48. The molecule has 1 unspecified atom stereocenters. The van der Waals surface area contributed by atoms with E-state index in [1.807, 2.05) is 78.9 Å². The van der Waals surface area contributed by atoms with Gasteiger partial charge in [-0.05, 0) is 95.9 Å². The van der Waals surface area contributed by atoms with Crippen molar-refractivity contribution in [2.45, 2.75) is 33.3 Å². The first-order valence-electron chi connectivity index (χ1n) is 15.1. The first-order valence-corrected chi connectivity index (χ1v) is 15.1. The summed E-state index contributed by atoms with van der Waals surface area (Å²) < 4.78 is 22.8. The van der Waals surface area contributed by atoms with E-state index in [2.05, 4.69) is 31.7 Å². The lowest BCUT2D eigenvalue weighted by molar-refractivity contribution is 0.0716. The fourth-order valence-electron chi connectivity index (χ4n) is 5.30. The summed E-state index contributed by atoms with van der Waals surface area (Å²) in [6.45, 7) is 9.08. The molecule has 1 aliphatic rings. The molecule has 0 fully saturated rings. The van der Waals surface area contributed by atoms with Crippen LogP contribution in [0.3, 0.4) is 0 Å². The van der Waals surface area contributed by atoms with Crippen molar-refractivity contribution in [2.24, 2.45) is 0 Å². The van der Waals surface area contributed by atoms with Crippen molar-refractivity contribution >= 4 is 17.1 Å². The van der Waals surface area contributed by atoms with Crippen LogP contribution in [0.25, 0.3) is 11.1 Å². The Balaban J connectivity index is 1.43. The second-order valence-corrected chi connectivity index (χ2v) is 10.5. The summed E-state index contributed by atoms with van der Waals surface area (Å²) in [4.78, 5) is 14.8. The Morgan fingerprint density at radius 3 is 2.02 bits per heavy atom. The van der Waals surface area contributed by atoms with Gasteiger partial charge in [-0.2, -0.15) is 0 Å². The lowest BCUT2D eigenvalue weighted by Crippen LogP contribution is -2.35. The monoisotopic (exact) mass is 593 g/mol. The Kier molecular flexibility index (Phi) is 10.3. The van der Waals surface area contributed by atoms with E-state index >= 15 is 0 Å². The average Bonchev–Trinajstić information content (AvgIpc) is 3.54. The lowest BCUT2D eigenvalue weighted by atomic mass is 9.88. The minimum absolute atomic E-state index is 0.213. The topological polar surface area (TPSA) is 77.5 Å². The summed E-state index contributed by atoms with van der Waals surface area (Å²) >= 11 is 0. The number of fused-ring (bicyclic) bond motifs is 1. The molecule has 0 aliphatic carbocycles. The highest BCUT2D eigenvalue weighted by atomic mass is 16.7. The van der Waals surface area contributed by atoms with Crippen LogP contribution in [0.5, 0.6) is 23.0 Å². The number of rotatable bonds is 13. The van der Waals surface area contributed by atoms with Gasteiger partial charge in [0.25, 0.3) is 0 Å². The number of likely N-dealkylation sites (N-methyl/N-ethyl adjacent to an activating group) is 1. The van der Waals surface area contributed by atoms with Gasteiger partial charge < -0.3 is 29.0 Å². The maximum absolute atomic E-state index is 12.6. The quantitative estimate of drug-likeness (QED) is 0.101. The van der Waals surface area contributed by atoms with Crippen molar-refractivity contribution in [3.8, 4) is 23.0 Å². The molecule has 1 atom stereocenters. The third-order valence-electron chi connectivity index (χ3n) is 7.69. The molecule has 0 aromatic heterocycles. The smallest absolute Gasteiger partial charge is 0.343 e. The molecule has 0 radical (unpaired) electrons. The van der Waals surface area contributed by atoms with Gasteiger partial charge in [0, 0.05) is 6.54 Å². The normalized spacial score (nSPS) is 13.4. The molecule has 0 spiro atoms. The van der Waals surface area contributed by atoms with Gasteiger partial charge in [0.15, 0.2) is 11.5 Å². The number of ether oxygens (including phenoxy) is 4. The van der Waals surface area contributed by atoms with E-state index in [0.717, 1.165) is 58.8 Å². The second kappa shape index (κ2) is 14.7. The highest BCUT2D eigenvalue weighted by Crippen LogP contribution is 2.40. The van der Waals surface area contributed by atoms with Crippen LogP contribution < -0.4 is 18.9 Å². The predicted molar refractivity (Wildman–Crippen MR) is 172 cm³/mol. The predicted octanol–water partition coefficient (Wildman–Crippen LogP) is 7.09. The van der Waals surface area contributed by atoms with Gasteiger partial charge in [-0.3, -0.25) is 0 Å². The highest BCUT2D eigenvalue weighted by molar-refractivity contribution is 5.99. The van der Waals surface area contributed by atoms with Gasteiger partial charge >= 0.3 is 5.97 Å². The largest absolute Gasteiger partial charge is 0.491 e. The minimum Gasteiger partial charge on any atom is -0.491 e. The first-order chi connectivity index (χ1) is 21.5. The molecule has 4 aromatic carbocycles. The van der Waals surface area contributed by atoms with E-state index < -0.39 is 12.1 Å². The zero-order chi connectivity index (χ0) is 30.9. The summed E-state index contributed by atoms with van der Waals surface area (Å²) in [6, 6.07) is 30.5. The molecule has 228 valence electrons. The number of hydrogen-bond donors (Lipinski definition) is 1. The fraction of sp³-hybridized carbons (Fsp3) is 0.270. The van der Waals surface area contributed by atoms with Gasteiger partial charge in [0.2, 0.25) is 6.79 Å². The van der Waals surface area contributed by atoms with E-state index in [-0.39, 0.29) is 13.4 Å². The minimum atomic E-state index is -0.572. The van der Waals surface area contributed by atoms with E-state index in [1.54, 1.807) is 12.1 Å². The number of esters is 1. The van der Waals surface area contributed by atoms with E-state index in [9.17, 15) is 9.90 Å². The number of aliphatic hydroxyl groups excluding tert-OH is 1. The van der Waals surface area contributed by atoms with E-state index in [1.165, 1.54) is 0 Å². The Morgan fingerprint density at radius 2 is 1.39 bits per heavy atom. The van der Waals surface area contributed by atoms with Crippen LogP contribution in [0.1, 0.15) is 54.2 Å². The van der Waals surface area contributed by atoms with Crippen molar-refractivity contribution in [3.05, 3.63) is 119 Å². The maximum Gasteiger partial charge on any atom is 0.343 e. The van der Waals surface area contributed by atoms with Crippen LogP contribution in [0, 0.1) is 0 Å². The highest BCUT2D eigenvalue weighted by Gasteiger charge is 2.19. The molecule has 1 heterocycles. The van der Waals surface area contributed by atoms with Crippen molar-refractivity contribution < 1.29 is 28.8 Å². The molecule has 5 rings (SSSR count). The van der Waals surface area contributed by atoms with E-state index in [4.69, 9.17) is 18.9 Å². The van der Waals surface area contributed by atoms with Gasteiger partial charge in [0.1, 0.15) is 24.2 Å². The molecule has 1 N–H and O–H groups in total. The average molecular weight is 594 g/mol. The Morgan fingerprint density at radius 1 is 0.773 bits per heavy atom. The Bertz CT molecular complexity index is 1560. The summed E-state index contributed by atoms with van der Waals surface area (Å²) in [5, 5.41) is 10.4. The van der Waals surface area contributed by atoms with Crippen LogP contribution in [0.15, 0.2) is 97.1 Å². The van der Waals surface area contributed by atoms with Gasteiger partial charge in [-0.25, -0.2) is 4.79 Å². The summed E-state index contributed by atoms with van der Waals surface area (Å²) in [6.07, 6.45) is 0.187. The summed E-state index contributed by atoms with van der Waals surface area (Å²) in [5.41, 5.74) is 5.68. The number of nitrogens with zero attached hydrogens (tertiary/aromatic N) is 1. The zero-order valence-corrected chi connectivity index (χ0v) is 25.5. The van der Waals surface area contributed by atoms with Crippen LogP contribution in [-0.2, 0) is 0 Å². The third-order valence-corrected chi connectivity index (χ3v) is 7.69. The van der Waals surface area contributed by atoms with Gasteiger partial charge in [-0.15, -0.1) is 0 Å². The molecule has 7 nitrogen and oxygen atoms in total. The Labute approximate surface area is 259 Å². The van der Waals surface area contributed by atoms with Crippen LogP contribution in [0.2, 0.25) is 0 Å². The van der Waals surface area contributed by atoms with Crippen molar-refractivity contribution in [1.29, 1.82) is 0 Å².